The van der Waals surface area contributed by atoms with E-state index in [0.29, 0.717) is 23.4 Å². The van der Waals surface area contributed by atoms with E-state index in [4.69, 9.17) is 4.74 Å². The van der Waals surface area contributed by atoms with Crippen LogP contribution in [0.1, 0.15) is 22.1 Å². The van der Waals surface area contributed by atoms with Gasteiger partial charge in [0.15, 0.2) is 11.5 Å². The van der Waals surface area contributed by atoms with Crippen LogP contribution in [0.5, 0.6) is 11.5 Å². The van der Waals surface area contributed by atoms with Crippen LogP contribution < -0.4 is 10.1 Å². The molecule has 3 rings (SSSR count). The summed E-state index contributed by atoms with van der Waals surface area (Å²) in [6.07, 6.45) is 1.17. The van der Waals surface area contributed by atoms with Gasteiger partial charge in [-0.25, -0.2) is 0 Å². The number of phenols is 1. The predicted molar refractivity (Wildman–Crippen MR) is 88.7 cm³/mol. The zero-order valence-corrected chi connectivity index (χ0v) is 12.8. The Balaban J connectivity index is 2.10. The van der Waals surface area contributed by atoms with Gasteiger partial charge in [-0.05, 0) is 18.2 Å². The average molecular weight is 310 g/mol. The lowest BCUT2D eigenvalue weighted by Gasteiger charge is -2.37. The fourth-order valence-corrected chi connectivity index (χ4v) is 2.79. The van der Waals surface area contributed by atoms with Crippen LogP contribution in [0.15, 0.2) is 55.1 Å². The Morgan fingerprint density at radius 2 is 2.09 bits per heavy atom. The molecule has 0 bridgehead atoms. The maximum atomic E-state index is 12.8. The summed E-state index contributed by atoms with van der Waals surface area (Å²) in [7, 11) is 1.50. The molecule has 0 saturated carbocycles. The van der Waals surface area contributed by atoms with Crippen molar-refractivity contribution < 1.29 is 14.6 Å². The van der Waals surface area contributed by atoms with Crippen LogP contribution in [0.25, 0.3) is 0 Å². The number of rotatable bonds is 4. The first-order valence-electron chi connectivity index (χ1n) is 7.30. The third-order valence-electron chi connectivity index (χ3n) is 3.89. The van der Waals surface area contributed by atoms with Gasteiger partial charge in [-0.1, -0.05) is 30.3 Å². The van der Waals surface area contributed by atoms with Gasteiger partial charge in [0.05, 0.1) is 12.7 Å². The highest BCUT2D eigenvalue weighted by atomic mass is 16.5. The van der Waals surface area contributed by atoms with Crippen molar-refractivity contribution in [2.24, 2.45) is 0 Å². The molecule has 0 spiro atoms. The second-order valence-electron chi connectivity index (χ2n) is 5.24. The molecule has 1 amide bonds. The number of amides is 1. The van der Waals surface area contributed by atoms with Crippen molar-refractivity contribution in [2.45, 2.75) is 6.17 Å². The standard InChI is InChI=1S/C18H18N2O3/c1-3-11-20-17(13-8-6-10-15(23-2)16(13)21)19-14-9-5-4-7-12(14)18(20)22/h3-10,17,19,21H,1,11H2,2H3. The van der Waals surface area contributed by atoms with E-state index in [-0.39, 0.29) is 11.7 Å². The first kappa shape index (κ1) is 15.0. The SMILES string of the molecule is C=CCN1C(=O)c2ccccc2NC1c1cccc(OC)c1O. The zero-order valence-electron chi connectivity index (χ0n) is 12.8. The molecule has 2 N–H and O–H groups in total. The van der Waals surface area contributed by atoms with Gasteiger partial charge in [-0.3, -0.25) is 4.79 Å². The molecule has 0 saturated heterocycles. The van der Waals surface area contributed by atoms with E-state index in [2.05, 4.69) is 11.9 Å². The van der Waals surface area contributed by atoms with E-state index in [1.165, 1.54) is 7.11 Å². The van der Waals surface area contributed by atoms with Crippen LogP contribution in [0.2, 0.25) is 0 Å². The third-order valence-corrected chi connectivity index (χ3v) is 3.89. The average Bonchev–Trinajstić information content (AvgIpc) is 2.58. The number of nitrogens with one attached hydrogen (secondary N) is 1. The van der Waals surface area contributed by atoms with Crippen LogP contribution in [0.4, 0.5) is 5.69 Å². The normalized spacial score (nSPS) is 16.5. The summed E-state index contributed by atoms with van der Waals surface area (Å²) >= 11 is 0. The highest BCUT2D eigenvalue weighted by Crippen LogP contribution is 2.39. The number of anilines is 1. The topological polar surface area (TPSA) is 61.8 Å². The minimum Gasteiger partial charge on any atom is -0.504 e. The molecule has 2 aromatic rings. The molecule has 1 aliphatic rings. The molecule has 1 unspecified atom stereocenters. The van der Waals surface area contributed by atoms with Crippen molar-refractivity contribution in [1.29, 1.82) is 0 Å². The van der Waals surface area contributed by atoms with Crippen LogP contribution in [0.3, 0.4) is 0 Å². The Morgan fingerprint density at radius 1 is 1.30 bits per heavy atom. The fourth-order valence-electron chi connectivity index (χ4n) is 2.79. The lowest BCUT2D eigenvalue weighted by atomic mass is 10.0. The summed E-state index contributed by atoms with van der Waals surface area (Å²) < 4.78 is 5.17. The number of hydrogen-bond donors (Lipinski definition) is 2. The van der Waals surface area contributed by atoms with E-state index in [1.807, 2.05) is 18.2 Å². The molecule has 5 heteroatoms. The molecule has 0 aliphatic carbocycles. The maximum absolute atomic E-state index is 12.8. The number of carbonyl (C=O) groups is 1. The van der Waals surface area contributed by atoms with Crippen molar-refractivity contribution in [1.82, 2.24) is 4.90 Å². The molecule has 2 aromatic carbocycles. The predicted octanol–water partition coefficient (Wildman–Crippen LogP) is 3.15. The lowest BCUT2D eigenvalue weighted by molar-refractivity contribution is 0.0705. The second-order valence-corrected chi connectivity index (χ2v) is 5.24. The van der Waals surface area contributed by atoms with E-state index in [1.54, 1.807) is 35.2 Å². The molecular formula is C18H18N2O3. The summed E-state index contributed by atoms with van der Waals surface area (Å²) in [6.45, 7) is 4.08. The van der Waals surface area contributed by atoms with Crippen LogP contribution >= 0.6 is 0 Å². The quantitative estimate of drug-likeness (QED) is 0.852. The van der Waals surface area contributed by atoms with Gasteiger partial charge in [0.1, 0.15) is 6.17 Å². The molecular weight excluding hydrogens is 292 g/mol. The van der Waals surface area contributed by atoms with Gasteiger partial charge in [0, 0.05) is 17.8 Å². The number of hydrogen-bond acceptors (Lipinski definition) is 4. The zero-order chi connectivity index (χ0) is 16.4. The molecule has 0 radical (unpaired) electrons. The minimum absolute atomic E-state index is 0.0220. The van der Waals surface area contributed by atoms with Crippen molar-refractivity contribution in [3.8, 4) is 11.5 Å². The number of ether oxygens (including phenoxy) is 1. The monoisotopic (exact) mass is 310 g/mol. The van der Waals surface area contributed by atoms with Gasteiger partial charge in [0.25, 0.3) is 5.91 Å². The molecule has 0 aromatic heterocycles. The second kappa shape index (κ2) is 6.04. The van der Waals surface area contributed by atoms with Crippen molar-refractivity contribution in [3.63, 3.8) is 0 Å². The van der Waals surface area contributed by atoms with Gasteiger partial charge < -0.3 is 20.1 Å². The number of fused-ring (bicyclic) bond motifs is 1. The van der Waals surface area contributed by atoms with E-state index < -0.39 is 6.17 Å². The molecule has 0 fully saturated rings. The fraction of sp³-hybridized carbons (Fsp3) is 0.167. The molecule has 1 aliphatic heterocycles. The van der Waals surface area contributed by atoms with E-state index in [9.17, 15) is 9.90 Å². The minimum atomic E-state index is -0.495. The van der Waals surface area contributed by atoms with Crippen molar-refractivity contribution in [3.05, 3.63) is 66.2 Å². The molecule has 5 nitrogen and oxygen atoms in total. The number of nitrogens with zero attached hydrogens (tertiary/aromatic N) is 1. The summed E-state index contributed by atoms with van der Waals surface area (Å²) in [5.41, 5.74) is 1.92. The lowest BCUT2D eigenvalue weighted by Crippen LogP contribution is -2.43. The first-order valence-corrected chi connectivity index (χ1v) is 7.30. The third kappa shape index (κ3) is 2.50. The summed E-state index contributed by atoms with van der Waals surface area (Å²) in [4.78, 5) is 14.4. The number of para-hydroxylation sites is 2. The molecule has 1 heterocycles. The summed E-state index contributed by atoms with van der Waals surface area (Å²) in [6, 6.07) is 12.6. The summed E-state index contributed by atoms with van der Waals surface area (Å²) in [5, 5.41) is 13.7. The van der Waals surface area contributed by atoms with Gasteiger partial charge in [-0.2, -0.15) is 0 Å². The number of benzene rings is 2. The highest BCUT2D eigenvalue weighted by molar-refractivity contribution is 6.01. The highest BCUT2D eigenvalue weighted by Gasteiger charge is 2.33. The maximum Gasteiger partial charge on any atom is 0.258 e. The van der Waals surface area contributed by atoms with E-state index in [0.717, 1.165) is 5.69 Å². The Hall–Kier alpha value is -2.95. The van der Waals surface area contributed by atoms with Gasteiger partial charge >= 0.3 is 0 Å². The van der Waals surface area contributed by atoms with Crippen LogP contribution in [-0.2, 0) is 0 Å². The Bertz CT molecular complexity index is 758. The molecule has 118 valence electrons. The molecule has 1 atom stereocenters. The first-order chi connectivity index (χ1) is 11.2. The van der Waals surface area contributed by atoms with Crippen LogP contribution in [0, 0.1) is 0 Å². The number of methoxy groups -OCH3 is 1. The number of aromatic hydroxyl groups is 1. The van der Waals surface area contributed by atoms with Crippen molar-refractivity contribution >= 4 is 11.6 Å². The smallest absolute Gasteiger partial charge is 0.258 e. The number of carbonyl (C=O) groups excluding carboxylic acids is 1. The van der Waals surface area contributed by atoms with Gasteiger partial charge in [0.2, 0.25) is 0 Å². The summed E-state index contributed by atoms with van der Waals surface area (Å²) in [5.74, 6) is 0.286. The van der Waals surface area contributed by atoms with Crippen molar-refractivity contribution in [2.75, 3.05) is 19.0 Å². The number of phenolic OH excluding ortho intramolecular Hbond substituents is 1. The van der Waals surface area contributed by atoms with Gasteiger partial charge in [-0.15, -0.1) is 6.58 Å². The van der Waals surface area contributed by atoms with E-state index >= 15 is 0 Å². The Morgan fingerprint density at radius 3 is 2.83 bits per heavy atom. The Labute approximate surface area is 134 Å². The van der Waals surface area contributed by atoms with Crippen LogP contribution in [-0.4, -0.2) is 29.6 Å². The molecule has 23 heavy (non-hydrogen) atoms. The Kier molecular flexibility index (Phi) is 3.93. The largest absolute Gasteiger partial charge is 0.504 e.